The number of hydrogen-bond donors (Lipinski definition) is 4. The number of aliphatic hydroxyl groups is 2. The number of nitrogens with two attached hydrogens (primary N) is 1. The van der Waals surface area contributed by atoms with Crippen molar-refractivity contribution in [2.24, 2.45) is 22.1 Å². The van der Waals surface area contributed by atoms with Gasteiger partial charge in [0.25, 0.3) is 0 Å². The van der Waals surface area contributed by atoms with Gasteiger partial charge in [-0.15, -0.1) is 0 Å². The van der Waals surface area contributed by atoms with E-state index < -0.39 is 31.0 Å². The summed E-state index contributed by atoms with van der Waals surface area (Å²) in [5.41, 5.74) is 6.26. The van der Waals surface area contributed by atoms with E-state index in [1.54, 1.807) is 18.2 Å². The van der Waals surface area contributed by atoms with Gasteiger partial charge in [-0.1, -0.05) is 11.6 Å². The Morgan fingerprint density at radius 2 is 2.37 bits per heavy atom. The molecule has 0 amide bonds. The van der Waals surface area contributed by atoms with E-state index in [0.717, 1.165) is 5.67 Å². The van der Waals surface area contributed by atoms with E-state index in [2.05, 4.69) is 9.98 Å². The number of hydrogen-bond acceptors (Lipinski definition) is 7. The standard InChI is InChI=1S/C16H25ClN5O4P/c1-3-26-27(2,25)5-4-16-6-9(16)11(12(23)13(16)24)22-8-21-10(14(18)19)15(22)20-7-17/h7-9,11-13,23-24H,3-6H2,1-2H3,(H3,18,19)/t9-,11-,12+,13+,16+,27?/m1/s1. The number of amidine groups is 1. The van der Waals surface area contributed by atoms with Gasteiger partial charge in [0.2, 0.25) is 0 Å². The smallest absolute Gasteiger partial charge is 0.200 e. The maximum absolute atomic E-state index is 12.4. The van der Waals surface area contributed by atoms with Crippen LogP contribution in [0.5, 0.6) is 0 Å². The van der Waals surface area contributed by atoms with Gasteiger partial charge in [0, 0.05) is 18.2 Å². The van der Waals surface area contributed by atoms with Crippen LogP contribution in [0.2, 0.25) is 0 Å². The molecule has 2 saturated carbocycles. The van der Waals surface area contributed by atoms with E-state index in [-0.39, 0.29) is 23.3 Å². The minimum absolute atomic E-state index is 0.0255. The van der Waals surface area contributed by atoms with Gasteiger partial charge in [-0.05, 0) is 25.7 Å². The van der Waals surface area contributed by atoms with Crippen LogP contribution in [0, 0.1) is 16.7 Å². The van der Waals surface area contributed by atoms with E-state index in [9.17, 15) is 14.8 Å². The zero-order chi connectivity index (χ0) is 20.0. The molecule has 3 rings (SSSR count). The van der Waals surface area contributed by atoms with E-state index in [1.807, 2.05) is 0 Å². The maximum Gasteiger partial charge on any atom is 0.200 e. The molecule has 6 atom stereocenters. The van der Waals surface area contributed by atoms with Crippen LogP contribution in [0.1, 0.15) is 31.5 Å². The van der Waals surface area contributed by atoms with Crippen molar-refractivity contribution < 1.29 is 19.3 Å². The third-order valence-corrected chi connectivity index (χ3v) is 7.69. The van der Waals surface area contributed by atoms with Crippen molar-refractivity contribution in [2.75, 3.05) is 19.4 Å². The quantitative estimate of drug-likeness (QED) is 0.287. The Morgan fingerprint density at radius 3 is 2.96 bits per heavy atom. The highest BCUT2D eigenvalue weighted by molar-refractivity contribution is 7.58. The summed E-state index contributed by atoms with van der Waals surface area (Å²) in [5, 5.41) is 29.0. The van der Waals surface area contributed by atoms with Gasteiger partial charge in [-0.25, -0.2) is 9.98 Å². The van der Waals surface area contributed by atoms with Crippen molar-refractivity contribution in [1.29, 1.82) is 5.41 Å². The molecule has 0 aromatic carbocycles. The fourth-order valence-electron chi connectivity index (χ4n) is 4.40. The topological polar surface area (TPSA) is 147 Å². The van der Waals surface area contributed by atoms with Gasteiger partial charge in [0.05, 0.1) is 30.8 Å². The third-order valence-electron chi connectivity index (χ3n) is 5.75. The van der Waals surface area contributed by atoms with Gasteiger partial charge in [0.15, 0.2) is 13.2 Å². The first-order chi connectivity index (χ1) is 12.7. The Bertz CT molecular complexity index is 815. The highest BCUT2D eigenvalue weighted by atomic mass is 35.5. The Kier molecular flexibility index (Phi) is 5.53. The summed E-state index contributed by atoms with van der Waals surface area (Å²) in [4.78, 5) is 8.15. The average molecular weight is 418 g/mol. The van der Waals surface area contributed by atoms with Gasteiger partial charge in [0.1, 0.15) is 17.6 Å². The number of rotatable bonds is 8. The number of nitrogens with zero attached hydrogens (tertiary/aromatic N) is 3. The summed E-state index contributed by atoms with van der Waals surface area (Å²) in [6, 6.07) is -0.473. The molecule has 9 nitrogen and oxygen atoms in total. The number of halogens is 1. The van der Waals surface area contributed by atoms with Crippen molar-refractivity contribution in [3.8, 4) is 0 Å². The second-order valence-corrected chi connectivity index (χ2v) is 10.3. The number of nitrogen functional groups attached to an aromatic ring is 1. The molecule has 0 spiro atoms. The second kappa shape index (κ2) is 7.29. The van der Waals surface area contributed by atoms with Crippen LogP contribution in [0.15, 0.2) is 11.3 Å². The molecule has 5 N–H and O–H groups in total. The molecule has 2 fully saturated rings. The van der Waals surface area contributed by atoms with E-state index >= 15 is 0 Å². The van der Waals surface area contributed by atoms with Crippen LogP contribution in [-0.2, 0) is 9.09 Å². The van der Waals surface area contributed by atoms with Crippen molar-refractivity contribution in [3.05, 3.63) is 12.0 Å². The molecule has 1 aromatic rings. The third kappa shape index (κ3) is 3.47. The predicted molar refractivity (Wildman–Crippen MR) is 103 cm³/mol. The molecule has 150 valence electrons. The number of imidazole rings is 1. The normalized spacial score (nSPS) is 34.6. The fraction of sp³-hybridized carbons (Fsp3) is 0.688. The van der Waals surface area contributed by atoms with Crippen molar-refractivity contribution in [3.63, 3.8) is 0 Å². The van der Waals surface area contributed by atoms with E-state index in [4.69, 9.17) is 27.3 Å². The summed E-state index contributed by atoms with van der Waals surface area (Å²) in [6.45, 7) is 3.77. The first-order valence-electron chi connectivity index (χ1n) is 8.79. The Labute approximate surface area is 162 Å². The first kappa shape index (κ1) is 20.5. The summed E-state index contributed by atoms with van der Waals surface area (Å²) in [6.07, 6.45) is 1.01. The zero-order valence-corrected chi connectivity index (χ0v) is 16.9. The number of aliphatic hydroxyl groups excluding tert-OH is 2. The Morgan fingerprint density at radius 1 is 1.67 bits per heavy atom. The highest BCUT2D eigenvalue weighted by Crippen LogP contribution is 2.70. The number of aliphatic imine (C=N–C) groups is 1. The largest absolute Gasteiger partial charge is 0.390 e. The van der Waals surface area contributed by atoms with Crippen LogP contribution < -0.4 is 5.73 Å². The lowest BCUT2D eigenvalue weighted by Crippen LogP contribution is -2.34. The molecule has 27 heavy (non-hydrogen) atoms. The Balaban J connectivity index is 1.86. The van der Waals surface area contributed by atoms with Gasteiger partial charge >= 0.3 is 0 Å². The van der Waals surface area contributed by atoms with Crippen LogP contribution >= 0.6 is 19.0 Å². The van der Waals surface area contributed by atoms with Crippen LogP contribution in [0.4, 0.5) is 5.82 Å². The monoisotopic (exact) mass is 417 g/mol. The number of fused-ring (bicyclic) bond motifs is 1. The molecule has 11 heteroatoms. The van der Waals surface area contributed by atoms with Crippen LogP contribution in [0.3, 0.4) is 0 Å². The van der Waals surface area contributed by atoms with Crippen molar-refractivity contribution >= 4 is 36.3 Å². The molecule has 1 unspecified atom stereocenters. The fourth-order valence-corrected chi connectivity index (χ4v) is 5.99. The van der Waals surface area contributed by atoms with Gasteiger partial charge < -0.3 is 25.0 Å². The maximum atomic E-state index is 12.4. The van der Waals surface area contributed by atoms with E-state index in [1.165, 1.54) is 6.33 Å². The summed E-state index contributed by atoms with van der Waals surface area (Å²) < 4.78 is 19.4. The highest BCUT2D eigenvalue weighted by Gasteiger charge is 2.71. The Hall–Kier alpha value is -1.25. The molecule has 0 saturated heterocycles. The van der Waals surface area contributed by atoms with Crippen molar-refractivity contribution in [1.82, 2.24) is 9.55 Å². The lowest BCUT2D eigenvalue weighted by atomic mass is 9.96. The summed E-state index contributed by atoms with van der Waals surface area (Å²) >= 11 is 5.62. The second-order valence-electron chi connectivity index (χ2n) is 7.34. The molecule has 0 aliphatic heterocycles. The van der Waals surface area contributed by atoms with Crippen LogP contribution in [0.25, 0.3) is 0 Å². The molecule has 1 heterocycles. The minimum atomic E-state index is -2.73. The lowest BCUT2D eigenvalue weighted by molar-refractivity contribution is -0.0185. The lowest BCUT2D eigenvalue weighted by Gasteiger charge is -2.25. The zero-order valence-electron chi connectivity index (χ0n) is 15.2. The molecular weight excluding hydrogens is 393 g/mol. The summed E-state index contributed by atoms with van der Waals surface area (Å²) in [5.74, 6) is -0.0147. The SMILES string of the molecule is CCOP(C)(=O)CC[C@]12C[C@@H]1[C@@H](n1cnc(C(=N)N)c1N=CCl)[C@H](O)[C@@H]2O. The molecular formula is C16H25ClN5O4P. The molecule has 2 aliphatic carbocycles. The van der Waals surface area contributed by atoms with E-state index in [0.29, 0.717) is 25.6 Å². The number of aromatic nitrogens is 2. The van der Waals surface area contributed by atoms with Gasteiger partial charge in [-0.2, -0.15) is 0 Å². The summed E-state index contributed by atoms with van der Waals surface area (Å²) in [7, 11) is -2.73. The molecule has 1 aromatic heterocycles. The number of nitrogens with one attached hydrogen (secondary N) is 1. The van der Waals surface area contributed by atoms with Crippen LogP contribution in [-0.4, -0.2) is 62.9 Å². The minimum Gasteiger partial charge on any atom is -0.390 e. The molecule has 0 bridgehead atoms. The van der Waals surface area contributed by atoms with Crippen molar-refractivity contribution in [2.45, 2.75) is 38.0 Å². The first-order valence-corrected chi connectivity index (χ1v) is 11.5. The predicted octanol–water partition coefficient (Wildman–Crippen LogP) is 1.68. The van der Waals surface area contributed by atoms with Gasteiger partial charge in [-0.3, -0.25) is 9.97 Å². The molecule has 0 radical (unpaired) electrons. The molecule has 2 aliphatic rings. The average Bonchev–Trinajstić information content (AvgIpc) is 3.10.